The van der Waals surface area contributed by atoms with Gasteiger partial charge in [-0.1, -0.05) is 0 Å². The van der Waals surface area contributed by atoms with Gasteiger partial charge in [-0.3, -0.25) is 9.59 Å². The van der Waals surface area contributed by atoms with Crippen LogP contribution in [0.5, 0.6) is 11.5 Å². The minimum Gasteiger partial charge on any atom is -0.493 e. The number of esters is 1. The summed E-state index contributed by atoms with van der Waals surface area (Å²) in [6.07, 6.45) is 1.45. The summed E-state index contributed by atoms with van der Waals surface area (Å²) in [5.41, 5.74) is 0.265. The number of carbonyl (C=O) groups excluding carboxylic acids is 3. The Balaban J connectivity index is 1.49. The van der Waals surface area contributed by atoms with Gasteiger partial charge in [-0.15, -0.1) is 0 Å². The van der Waals surface area contributed by atoms with Crippen molar-refractivity contribution in [3.63, 3.8) is 0 Å². The Hall–Kier alpha value is -3.49. The minimum atomic E-state index is -0.626. The minimum absolute atomic E-state index is 0.205. The second-order valence-corrected chi connectivity index (χ2v) is 6.53. The highest BCUT2D eigenvalue weighted by molar-refractivity contribution is 5.93. The number of methoxy groups -OCH3 is 1. The average Bonchev–Trinajstić information content (AvgIpc) is 3.32. The number of hydrogen-bond acceptors (Lipinski definition) is 7. The van der Waals surface area contributed by atoms with Crippen molar-refractivity contribution in [2.45, 2.75) is 6.92 Å². The zero-order valence-corrected chi connectivity index (χ0v) is 17.0. The molecule has 1 aromatic carbocycles. The zero-order valence-electron chi connectivity index (χ0n) is 17.0. The number of furan rings is 1. The summed E-state index contributed by atoms with van der Waals surface area (Å²) in [6, 6.07) is 7.94. The van der Waals surface area contributed by atoms with Gasteiger partial charge >= 0.3 is 5.97 Å². The maximum Gasteiger partial charge on any atom is 0.338 e. The zero-order chi connectivity index (χ0) is 21.5. The molecule has 0 unspecified atom stereocenters. The summed E-state index contributed by atoms with van der Waals surface area (Å²) >= 11 is 0. The third kappa shape index (κ3) is 4.91. The van der Waals surface area contributed by atoms with Crippen molar-refractivity contribution < 1.29 is 33.0 Å². The van der Waals surface area contributed by atoms with Crippen LogP contribution in [0.1, 0.15) is 27.8 Å². The fourth-order valence-electron chi connectivity index (χ4n) is 3.09. The van der Waals surface area contributed by atoms with E-state index in [1.54, 1.807) is 34.1 Å². The van der Waals surface area contributed by atoms with Gasteiger partial charge in [0.05, 0.1) is 25.5 Å². The van der Waals surface area contributed by atoms with E-state index in [1.165, 1.54) is 19.4 Å². The van der Waals surface area contributed by atoms with Gasteiger partial charge in [0.2, 0.25) is 0 Å². The lowest BCUT2D eigenvalue weighted by atomic mass is 10.2. The summed E-state index contributed by atoms with van der Waals surface area (Å²) < 4.78 is 20.9. The Morgan fingerprint density at radius 1 is 1.03 bits per heavy atom. The Bertz CT molecular complexity index is 887. The maximum atomic E-state index is 12.4. The highest BCUT2D eigenvalue weighted by atomic mass is 16.5. The molecule has 2 heterocycles. The van der Waals surface area contributed by atoms with Crippen LogP contribution in [0.15, 0.2) is 41.0 Å². The van der Waals surface area contributed by atoms with Crippen LogP contribution in [0.3, 0.4) is 0 Å². The van der Waals surface area contributed by atoms with E-state index in [9.17, 15) is 14.4 Å². The fraction of sp³-hybridized carbons (Fsp3) is 0.381. The van der Waals surface area contributed by atoms with Crippen molar-refractivity contribution in [2.24, 2.45) is 0 Å². The van der Waals surface area contributed by atoms with Crippen molar-refractivity contribution >= 4 is 17.8 Å². The Morgan fingerprint density at radius 2 is 1.77 bits per heavy atom. The average molecular weight is 416 g/mol. The summed E-state index contributed by atoms with van der Waals surface area (Å²) in [4.78, 5) is 40.2. The monoisotopic (exact) mass is 416 g/mol. The topological polar surface area (TPSA) is 98.5 Å². The Morgan fingerprint density at radius 3 is 2.40 bits per heavy atom. The molecule has 0 atom stereocenters. The summed E-state index contributed by atoms with van der Waals surface area (Å²) in [6.45, 7) is 3.36. The lowest BCUT2D eigenvalue weighted by molar-refractivity contribution is -0.136. The largest absolute Gasteiger partial charge is 0.493 e. The van der Waals surface area contributed by atoms with E-state index in [1.807, 2.05) is 6.92 Å². The second kappa shape index (κ2) is 9.82. The molecule has 0 saturated carbocycles. The molecule has 3 rings (SSSR count). The lowest BCUT2D eigenvalue weighted by Gasteiger charge is -2.34. The predicted molar refractivity (Wildman–Crippen MR) is 106 cm³/mol. The molecule has 30 heavy (non-hydrogen) atoms. The van der Waals surface area contributed by atoms with Crippen LogP contribution < -0.4 is 9.47 Å². The first-order valence-corrected chi connectivity index (χ1v) is 9.62. The molecule has 1 aliphatic rings. The number of benzene rings is 1. The van der Waals surface area contributed by atoms with E-state index >= 15 is 0 Å². The predicted octanol–water partition coefficient (Wildman–Crippen LogP) is 1.83. The third-order valence-corrected chi connectivity index (χ3v) is 4.68. The molecule has 0 radical (unpaired) electrons. The van der Waals surface area contributed by atoms with Crippen LogP contribution >= 0.6 is 0 Å². The Labute approximate surface area is 174 Å². The Kier molecular flexibility index (Phi) is 6.95. The van der Waals surface area contributed by atoms with E-state index in [2.05, 4.69) is 0 Å². The third-order valence-electron chi connectivity index (χ3n) is 4.68. The number of nitrogens with zero attached hydrogens (tertiary/aromatic N) is 2. The van der Waals surface area contributed by atoms with Gasteiger partial charge in [0.25, 0.3) is 11.8 Å². The molecule has 0 spiro atoms. The van der Waals surface area contributed by atoms with Crippen LogP contribution in [0.2, 0.25) is 0 Å². The number of piperazine rings is 1. The van der Waals surface area contributed by atoms with Gasteiger partial charge in [0.15, 0.2) is 23.9 Å². The first kappa shape index (κ1) is 21.2. The van der Waals surface area contributed by atoms with Crippen LogP contribution in [-0.2, 0) is 9.53 Å². The van der Waals surface area contributed by atoms with Crippen molar-refractivity contribution in [2.75, 3.05) is 46.5 Å². The van der Waals surface area contributed by atoms with Crippen LogP contribution in [0, 0.1) is 0 Å². The van der Waals surface area contributed by atoms with Crippen molar-refractivity contribution in [1.29, 1.82) is 0 Å². The molecule has 0 N–H and O–H groups in total. The summed E-state index contributed by atoms with van der Waals surface area (Å²) in [5, 5.41) is 0. The molecule has 1 aliphatic heterocycles. The van der Waals surface area contributed by atoms with Crippen molar-refractivity contribution in [1.82, 2.24) is 9.80 Å². The summed E-state index contributed by atoms with van der Waals surface area (Å²) in [7, 11) is 1.51. The van der Waals surface area contributed by atoms with E-state index in [4.69, 9.17) is 18.6 Å². The number of rotatable bonds is 7. The van der Waals surface area contributed by atoms with E-state index in [0.29, 0.717) is 44.3 Å². The molecule has 9 nitrogen and oxygen atoms in total. The molecule has 0 bridgehead atoms. The van der Waals surface area contributed by atoms with Gasteiger partial charge in [0, 0.05) is 26.2 Å². The van der Waals surface area contributed by atoms with E-state index in [-0.39, 0.29) is 29.7 Å². The van der Waals surface area contributed by atoms with Crippen molar-refractivity contribution in [3.05, 3.63) is 47.9 Å². The molecule has 2 amide bonds. The second-order valence-electron chi connectivity index (χ2n) is 6.53. The lowest BCUT2D eigenvalue weighted by Crippen LogP contribution is -2.51. The SMILES string of the molecule is CCOc1cc(C(=O)OCC(=O)N2CCN(C(=O)c3ccco3)CC2)ccc1OC. The van der Waals surface area contributed by atoms with Gasteiger partial charge in [-0.25, -0.2) is 4.79 Å². The quantitative estimate of drug-likeness (QED) is 0.635. The molecule has 1 aromatic heterocycles. The maximum absolute atomic E-state index is 12.4. The highest BCUT2D eigenvalue weighted by Gasteiger charge is 2.26. The van der Waals surface area contributed by atoms with Gasteiger partial charge in [0.1, 0.15) is 0 Å². The molecular formula is C21H24N2O7. The van der Waals surface area contributed by atoms with Crippen LogP contribution in [0.4, 0.5) is 0 Å². The highest BCUT2D eigenvalue weighted by Crippen LogP contribution is 2.28. The first-order valence-electron chi connectivity index (χ1n) is 9.62. The smallest absolute Gasteiger partial charge is 0.338 e. The number of amides is 2. The molecule has 2 aromatic rings. The molecule has 1 saturated heterocycles. The molecular weight excluding hydrogens is 392 g/mol. The molecule has 9 heteroatoms. The van der Waals surface area contributed by atoms with Gasteiger partial charge in [-0.2, -0.15) is 0 Å². The van der Waals surface area contributed by atoms with Crippen molar-refractivity contribution in [3.8, 4) is 11.5 Å². The number of hydrogen-bond donors (Lipinski definition) is 0. The normalized spacial score (nSPS) is 13.7. The summed E-state index contributed by atoms with van der Waals surface area (Å²) in [5.74, 6) is 0.0629. The molecule has 160 valence electrons. The number of ether oxygens (including phenoxy) is 3. The molecule has 1 fully saturated rings. The van der Waals surface area contributed by atoms with E-state index < -0.39 is 5.97 Å². The number of carbonyl (C=O) groups is 3. The first-order chi connectivity index (χ1) is 14.5. The van der Waals surface area contributed by atoms with Crippen LogP contribution in [0.25, 0.3) is 0 Å². The van der Waals surface area contributed by atoms with E-state index in [0.717, 1.165) is 0 Å². The van der Waals surface area contributed by atoms with Gasteiger partial charge < -0.3 is 28.4 Å². The fourth-order valence-corrected chi connectivity index (χ4v) is 3.09. The standard InChI is InChI=1S/C21H24N2O7/c1-3-28-18-13-15(6-7-16(18)27-2)21(26)30-14-19(24)22-8-10-23(11-9-22)20(25)17-5-4-12-29-17/h4-7,12-13H,3,8-11,14H2,1-2H3. The van der Waals surface area contributed by atoms with Gasteiger partial charge in [-0.05, 0) is 37.3 Å². The van der Waals surface area contributed by atoms with Crippen LogP contribution in [-0.4, -0.2) is 74.1 Å². The molecule has 0 aliphatic carbocycles.